The van der Waals surface area contributed by atoms with Gasteiger partial charge in [-0.05, 0) is 41.0 Å². The maximum atomic E-state index is 3.70. The average Bonchev–Trinajstić information content (AvgIpc) is 2.85. The molecule has 0 spiro atoms. The van der Waals surface area contributed by atoms with E-state index in [0.717, 1.165) is 17.8 Å². The summed E-state index contributed by atoms with van der Waals surface area (Å²) in [5.41, 5.74) is 1.44. The topological polar surface area (TPSA) is 12.0 Å². The van der Waals surface area contributed by atoms with Gasteiger partial charge in [0.15, 0.2) is 0 Å². The van der Waals surface area contributed by atoms with Gasteiger partial charge >= 0.3 is 0 Å². The third-order valence-electron chi connectivity index (χ3n) is 2.98. The molecule has 15 heavy (non-hydrogen) atoms. The third-order valence-corrected chi connectivity index (χ3v) is 5.04. The summed E-state index contributed by atoms with van der Waals surface area (Å²) >= 11 is 3.91. The Morgan fingerprint density at radius 1 is 1.53 bits per heavy atom. The van der Waals surface area contributed by atoms with Crippen LogP contribution in [0.25, 0.3) is 0 Å². The monoisotopic (exact) mass is 241 g/mol. The molecule has 1 aliphatic carbocycles. The minimum atomic E-state index is 0.745. The van der Waals surface area contributed by atoms with Crippen LogP contribution in [0.1, 0.15) is 31.7 Å². The SMILES string of the molecule is CCSC1CCCC1NCc1ccsc1. The lowest BCUT2D eigenvalue weighted by molar-refractivity contribution is 0.532. The second-order valence-electron chi connectivity index (χ2n) is 4.04. The molecule has 0 bridgehead atoms. The summed E-state index contributed by atoms with van der Waals surface area (Å²) in [6, 6.07) is 2.96. The summed E-state index contributed by atoms with van der Waals surface area (Å²) in [4.78, 5) is 0. The predicted octanol–water partition coefficient (Wildman–Crippen LogP) is 3.51. The van der Waals surface area contributed by atoms with Crippen molar-refractivity contribution < 1.29 is 0 Å². The Kier molecular flexibility index (Phi) is 4.54. The van der Waals surface area contributed by atoms with Gasteiger partial charge in [0.1, 0.15) is 0 Å². The molecule has 0 aliphatic heterocycles. The van der Waals surface area contributed by atoms with Crippen molar-refractivity contribution in [3.8, 4) is 0 Å². The Morgan fingerprint density at radius 2 is 2.47 bits per heavy atom. The predicted molar refractivity (Wildman–Crippen MR) is 70.7 cm³/mol. The normalized spacial score (nSPS) is 25.9. The minimum Gasteiger partial charge on any atom is -0.309 e. The van der Waals surface area contributed by atoms with E-state index in [4.69, 9.17) is 0 Å². The van der Waals surface area contributed by atoms with Gasteiger partial charge < -0.3 is 5.32 Å². The molecule has 1 N–H and O–H groups in total. The molecule has 1 aromatic rings. The highest BCUT2D eigenvalue weighted by Gasteiger charge is 2.26. The lowest BCUT2D eigenvalue weighted by Gasteiger charge is -2.19. The van der Waals surface area contributed by atoms with Gasteiger partial charge in [0, 0.05) is 17.8 Å². The molecule has 1 aromatic heterocycles. The van der Waals surface area contributed by atoms with Crippen LogP contribution in [-0.4, -0.2) is 17.0 Å². The maximum Gasteiger partial charge on any atom is 0.0216 e. The summed E-state index contributed by atoms with van der Waals surface area (Å²) in [5, 5.41) is 8.96. The Labute approximate surface area is 101 Å². The van der Waals surface area contributed by atoms with Crippen molar-refractivity contribution in [2.75, 3.05) is 5.75 Å². The molecule has 0 aromatic carbocycles. The quantitative estimate of drug-likeness (QED) is 0.846. The van der Waals surface area contributed by atoms with Crippen molar-refractivity contribution in [1.29, 1.82) is 0 Å². The van der Waals surface area contributed by atoms with E-state index >= 15 is 0 Å². The van der Waals surface area contributed by atoms with Crippen LogP contribution in [0.4, 0.5) is 0 Å². The van der Waals surface area contributed by atoms with Gasteiger partial charge in [0.2, 0.25) is 0 Å². The van der Waals surface area contributed by atoms with Gasteiger partial charge in [-0.3, -0.25) is 0 Å². The fourth-order valence-corrected chi connectivity index (χ4v) is 4.11. The van der Waals surface area contributed by atoms with Crippen molar-refractivity contribution in [2.24, 2.45) is 0 Å². The number of thiophene rings is 1. The van der Waals surface area contributed by atoms with Crippen LogP contribution < -0.4 is 5.32 Å². The van der Waals surface area contributed by atoms with Gasteiger partial charge in [-0.15, -0.1) is 0 Å². The molecule has 1 nitrogen and oxygen atoms in total. The molecule has 1 saturated carbocycles. The molecule has 2 rings (SSSR count). The van der Waals surface area contributed by atoms with E-state index in [-0.39, 0.29) is 0 Å². The molecule has 0 radical (unpaired) electrons. The molecule has 1 aliphatic rings. The second kappa shape index (κ2) is 5.92. The van der Waals surface area contributed by atoms with E-state index in [1.807, 2.05) is 0 Å². The Morgan fingerprint density at radius 3 is 3.20 bits per heavy atom. The van der Waals surface area contributed by atoms with Crippen LogP contribution in [-0.2, 0) is 6.54 Å². The van der Waals surface area contributed by atoms with Crippen molar-refractivity contribution in [2.45, 2.75) is 44.0 Å². The first kappa shape index (κ1) is 11.5. The standard InChI is InChI=1S/C12H19NS2/c1-2-15-12-5-3-4-11(12)13-8-10-6-7-14-9-10/h6-7,9,11-13H,2-5,8H2,1H3. The number of nitrogens with one attached hydrogen (secondary N) is 1. The lowest BCUT2D eigenvalue weighted by Crippen LogP contribution is -2.33. The van der Waals surface area contributed by atoms with Crippen molar-refractivity contribution in [3.05, 3.63) is 22.4 Å². The Balaban J connectivity index is 1.78. The Bertz CT molecular complexity index is 271. The molecule has 2 unspecified atom stereocenters. The van der Waals surface area contributed by atoms with E-state index < -0.39 is 0 Å². The zero-order chi connectivity index (χ0) is 10.5. The largest absolute Gasteiger partial charge is 0.309 e. The first-order chi connectivity index (χ1) is 7.40. The molecular weight excluding hydrogens is 222 g/mol. The van der Waals surface area contributed by atoms with Crippen molar-refractivity contribution in [1.82, 2.24) is 5.32 Å². The van der Waals surface area contributed by atoms with Crippen LogP contribution >= 0.6 is 23.1 Å². The second-order valence-corrected chi connectivity index (χ2v) is 6.34. The van der Waals surface area contributed by atoms with Crippen molar-refractivity contribution >= 4 is 23.1 Å². The first-order valence-corrected chi connectivity index (χ1v) is 7.75. The molecular formula is C12H19NS2. The minimum absolute atomic E-state index is 0.745. The summed E-state index contributed by atoms with van der Waals surface area (Å²) in [6.45, 7) is 3.31. The van der Waals surface area contributed by atoms with Gasteiger partial charge in [0.05, 0.1) is 0 Å². The smallest absolute Gasteiger partial charge is 0.0216 e. The molecule has 3 heteroatoms. The summed E-state index contributed by atoms with van der Waals surface area (Å²) < 4.78 is 0. The number of hydrogen-bond donors (Lipinski definition) is 1. The van der Waals surface area contributed by atoms with Gasteiger partial charge in [-0.2, -0.15) is 23.1 Å². The number of rotatable bonds is 5. The van der Waals surface area contributed by atoms with Crippen LogP contribution in [0.2, 0.25) is 0 Å². The van der Waals surface area contributed by atoms with Crippen molar-refractivity contribution in [3.63, 3.8) is 0 Å². The fourth-order valence-electron chi connectivity index (χ4n) is 2.22. The van der Waals surface area contributed by atoms with E-state index in [0.29, 0.717) is 0 Å². The lowest BCUT2D eigenvalue weighted by atomic mass is 10.2. The Hall–Kier alpha value is 0.01000. The summed E-state index contributed by atoms with van der Waals surface area (Å²) in [6.07, 6.45) is 4.17. The van der Waals surface area contributed by atoms with E-state index in [9.17, 15) is 0 Å². The highest BCUT2D eigenvalue weighted by Crippen LogP contribution is 2.30. The van der Waals surface area contributed by atoms with Crippen LogP contribution in [0.5, 0.6) is 0 Å². The highest BCUT2D eigenvalue weighted by atomic mass is 32.2. The molecule has 1 fully saturated rings. The van der Waals surface area contributed by atoms with E-state index in [1.54, 1.807) is 11.3 Å². The van der Waals surface area contributed by atoms with Gasteiger partial charge in [0.25, 0.3) is 0 Å². The van der Waals surface area contributed by atoms with Crippen LogP contribution in [0.15, 0.2) is 16.8 Å². The first-order valence-electron chi connectivity index (χ1n) is 5.76. The molecule has 2 atom stereocenters. The van der Waals surface area contributed by atoms with Gasteiger partial charge in [-0.1, -0.05) is 13.3 Å². The molecule has 0 amide bonds. The molecule has 0 saturated heterocycles. The van der Waals surface area contributed by atoms with Gasteiger partial charge in [-0.25, -0.2) is 0 Å². The number of thioether (sulfide) groups is 1. The highest BCUT2D eigenvalue weighted by molar-refractivity contribution is 7.99. The fraction of sp³-hybridized carbons (Fsp3) is 0.667. The summed E-state index contributed by atoms with van der Waals surface area (Å²) in [5.74, 6) is 1.25. The molecule has 1 heterocycles. The summed E-state index contributed by atoms with van der Waals surface area (Å²) in [7, 11) is 0. The van der Waals surface area contributed by atoms with E-state index in [1.165, 1.54) is 30.6 Å². The number of hydrogen-bond acceptors (Lipinski definition) is 3. The average molecular weight is 241 g/mol. The maximum absolute atomic E-state index is 3.70. The van der Waals surface area contributed by atoms with Crippen LogP contribution in [0, 0.1) is 0 Å². The van der Waals surface area contributed by atoms with E-state index in [2.05, 4.69) is 40.8 Å². The third kappa shape index (κ3) is 3.23. The van der Waals surface area contributed by atoms with Crippen LogP contribution in [0.3, 0.4) is 0 Å². The zero-order valence-corrected chi connectivity index (χ0v) is 10.9. The zero-order valence-electron chi connectivity index (χ0n) is 9.24. The molecule has 84 valence electrons.